The number of aryl methyl sites for hydroxylation is 1. The van der Waals surface area contributed by atoms with Crippen molar-refractivity contribution < 1.29 is 18.0 Å². The fourth-order valence-electron chi connectivity index (χ4n) is 5.59. The van der Waals surface area contributed by atoms with Gasteiger partial charge in [0.25, 0.3) is 5.91 Å². The van der Waals surface area contributed by atoms with Crippen molar-refractivity contribution >= 4 is 5.91 Å². The predicted molar refractivity (Wildman–Crippen MR) is 120 cm³/mol. The number of hydrogen-bond donors (Lipinski definition) is 0. The molecule has 3 aliphatic rings. The molecule has 1 aromatic heterocycles. The summed E-state index contributed by atoms with van der Waals surface area (Å²) >= 11 is 0. The minimum absolute atomic E-state index is 0.0278. The van der Waals surface area contributed by atoms with E-state index < -0.39 is 11.7 Å². The molecule has 0 bridgehead atoms. The number of benzene rings is 1. The number of amides is 1. The quantitative estimate of drug-likeness (QED) is 0.633. The summed E-state index contributed by atoms with van der Waals surface area (Å²) in [5.41, 5.74) is 1.59. The third-order valence-corrected chi connectivity index (χ3v) is 7.46. The molecule has 3 fully saturated rings. The number of hydrogen-bond acceptors (Lipinski definition) is 3. The van der Waals surface area contributed by atoms with Crippen molar-refractivity contribution in [3.63, 3.8) is 0 Å². The van der Waals surface area contributed by atoms with E-state index in [0.717, 1.165) is 56.6 Å². The van der Waals surface area contributed by atoms with Crippen molar-refractivity contribution in [2.75, 3.05) is 19.6 Å². The zero-order chi connectivity index (χ0) is 23.3. The second-order valence-electron chi connectivity index (χ2n) is 9.85. The lowest BCUT2D eigenvalue weighted by Crippen LogP contribution is -2.50. The number of halogens is 3. The Hall–Kier alpha value is -2.35. The van der Waals surface area contributed by atoms with Gasteiger partial charge in [0.1, 0.15) is 0 Å². The second kappa shape index (κ2) is 8.46. The van der Waals surface area contributed by atoms with Crippen LogP contribution in [-0.2, 0) is 6.18 Å². The lowest BCUT2D eigenvalue weighted by Gasteiger charge is -2.41. The van der Waals surface area contributed by atoms with Crippen LogP contribution in [-0.4, -0.2) is 57.2 Å². The predicted octanol–water partition coefficient (Wildman–Crippen LogP) is 5.17. The van der Waals surface area contributed by atoms with Crippen LogP contribution in [0.15, 0.2) is 24.3 Å². The molecule has 0 N–H and O–H groups in total. The fraction of sp³-hybridized carbons (Fsp3) is 0.600. The van der Waals surface area contributed by atoms with E-state index in [9.17, 15) is 18.0 Å². The first-order valence-electron chi connectivity index (χ1n) is 12.1. The molecule has 1 aromatic carbocycles. The maximum atomic E-state index is 13.8. The summed E-state index contributed by atoms with van der Waals surface area (Å²) in [5.74, 6) is 0.136. The molecular weight excluding hydrogens is 429 g/mol. The average molecular weight is 461 g/mol. The van der Waals surface area contributed by atoms with Gasteiger partial charge in [-0.2, -0.15) is 18.3 Å². The monoisotopic (exact) mass is 460 g/mol. The van der Waals surface area contributed by atoms with Gasteiger partial charge >= 0.3 is 6.18 Å². The summed E-state index contributed by atoms with van der Waals surface area (Å²) in [4.78, 5) is 18.3. The third kappa shape index (κ3) is 4.29. The maximum Gasteiger partial charge on any atom is 0.416 e. The van der Waals surface area contributed by atoms with E-state index >= 15 is 0 Å². The molecule has 5 nitrogen and oxygen atoms in total. The van der Waals surface area contributed by atoms with Crippen molar-refractivity contribution in [1.29, 1.82) is 0 Å². The highest BCUT2D eigenvalue weighted by Gasteiger charge is 2.39. The molecule has 1 saturated carbocycles. The molecule has 1 amide bonds. The molecule has 8 heteroatoms. The van der Waals surface area contributed by atoms with Crippen molar-refractivity contribution in [1.82, 2.24) is 19.6 Å². The van der Waals surface area contributed by atoms with E-state index in [4.69, 9.17) is 0 Å². The lowest BCUT2D eigenvalue weighted by atomic mass is 9.95. The SMILES string of the molecule is Cc1nn(-c2cccc(C(F)(F)F)c2)c(C2CC2)c1C(=O)N1CC[C@H](N2CCCC2)C[C@@H]1C. The number of rotatable bonds is 4. The van der Waals surface area contributed by atoms with E-state index in [0.29, 0.717) is 29.5 Å². The van der Waals surface area contributed by atoms with Gasteiger partial charge in [-0.3, -0.25) is 4.79 Å². The molecule has 3 heterocycles. The topological polar surface area (TPSA) is 41.4 Å². The number of carbonyl (C=O) groups excluding carboxylic acids is 1. The average Bonchev–Trinajstić information content (AvgIpc) is 3.34. The first-order chi connectivity index (χ1) is 15.7. The Bertz CT molecular complexity index is 1040. The van der Waals surface area contributed by atoms with Gasteiger partial charge in [-0.15, -0.1) is 0 Å². The summed E-state index contributed by atoms with van der Waals surface area (Å²) in [6.45, 7) is 6.92. The van der Waals surface area contributed by atoms with Crippen LogP contribution < -0.4 is 0 Å². The van der Waals surface area contributed by atoms with Crippen LogP contribution in [0.25, 0.3) is 5.69 Å². The molecule has 1 aliphatic carbocycles. The van der Waals surface area contributed by atoms with Crippen molar-refractivity contribution in [3.8, 4) is 5.69 Å². The minimum Gasteiger partial charge on any atom is -0.336 e. The lowest BCUT2D eigenvalue weighted by molar-refractivity contribution is -0.137. The molecule has 33 heavy (non-hydrogen) atoms. The van der Waals surface area contributed by atoms with Crippen LogP contribution in [0.4, 0.5) is 13.2 Å². The Labute approximate surface area is 192 Å². The minimum atomic E-state index is -4.42. The first kappa shape index (κ1) is 22.4. The van der Waals surface area contributed by atoms with Crippen LogP contribution >= 0.6 is 0 Å². The summed E-state index contributed by atoms with van der Waals surface area (Å²) in [6.07, 6.45) is 1.87. The molecule has 0 spiro atoms. The molecule has 0 radical (unpaired) electrons. The van der Waals surface area contributed by atoms with Crippen LogP contribution in [0.5, 0.6) is 0 Å². The molecule has 2 aromatic rings. The number of carbonyl (C=O) groups is 1. The zero-order valence-electron chi connectivity index (χ0n) is 19.2. The second-order valence-corrected chi connectivity index (χ2v) is 9.85. The standard InChI is InChI=1S/C25H31F3N4O/c1-16-14-20(30-11-3-4-12-30)10-13-31(16)24(33)22-17(2)29-32(23(22)18-8-9-18)21-7-5-6-19(15-21)25(26,27)28/h5-7,15-16,18,20H,3-4,8-14H2,1-2H3/t16-,20-/m0/s1. The van der Waals surface area contributed by atoms with E-state index in [2.05, 4.69) is 16.9 Å². The highest BCUT2D eigenvalue weighted by molar-refractivity contribution is 5.97. The van der Waals surface area contributed by atoms with Gasteiger partial charge in [-0.25, -0.2) is 4.68 Å². The molecule has 2 atom stereocenters. The Morgan fingerprint density at radius 1 is 1.09 bits per heavy atom. The Balaban J connectivity index is 1.45. The number of nitrogens with zero attached hydrogens (tertiary/aromatic N) is 4. The molecule has 5 rings (SSSR count). The van der Waals surface area contributed by atoms with Gasteiger partial charge in [0.2, 0.25) is 0 Å². The van der Waals surface area contributed by atoms with E-state index in [-0.39, 0.29) is 17.9 Å². The fourth-order valence-corrected chi connectivity index (χ4v) is 5.59. The van der Waals surface area contributed by atoms with E-state index in [1.54, 1.807) is 17.7 Å². The number of piperidine rings is 1. The number of likely N-dealkylation sites (tertiary alicyclic amines) is 2. The summed E-state index contributed by atoms with van der Waals surface area (Å²) in [6, 6.07) is 5.87. The number of alkyl halides is 3. The van der Waals surface area contributed by atoms with Crippen molar-refractivity contribution in [2.45, 2.75) is 76.6 Å². The Morgan fingerprint density at radius 3 is 2.45 bits per heavy atom. The van der Waals surface area contributed by atoms with Gasteiger partial charge in [0.05, 0.1) is 28.2 Å². The van der Waals surface area contributed by atoms with Gasteiger partial charge in [-0.05, 0) is 83.7 Å². The van der Waals surface area contributed by atoms with Crippen LogP contribution in [0, 0.1) is 6.92 Å². The normalized spacial score (nSPS) is 24.5. The van der Waals surface area contributed by atoms with Crippen molar-refractivity contribution in [3.05, 3.63) is 46.8 Å². The number of aromatic nitrogens is 2. The molecular formula is C25H31F3N4O. The Morgan fingerprint density at radius 2 is 1.82 bits per heavy atom. The largest absolute Gasteiger partial charge is 0.416 e. The molecule has 2 saturated heterocycles. The smallest absolute Gasteiger partial charge is 0.336 e. The highest BCUT2D eigenvalue weighted by atomic mass is 19.4. The maximum absolute atomic E-state index is 13.8. The summed E-state index contributed by atoms with van der Waals surface area (Å²) in [5, 5.41) is 4.58. The molecule has 2 aliphatic heterocycles. The van der Waals surface area contributed by atoms with Crippen LogP contribution in [0.3, 0.4) is 0 Å². The van der Waals surface area contributed by atoms with Gasteiger partial charge < -0.3 is 9.80 Å². The van der Waals surface area contributed by atoms with Crippen LogP contribution in [0.2, 0.25) is 0 Å². The first-order valence-corrected chi connectivity index (χ1v) is 12.1. The summed E-state index contributed by atoms with van der Waals surface area (Å²) < 4.78 is 41.5. The Kier molecular flexibility index (Phi) is 5.75. The van der Waals surface area contributed by atoms with Gasteiger partial charge in [0.15, 0.2) is 0 Å². The summed E-state index contributed by atoms with van der Waals surface area (Å²) in [7, 11) is 0. The highest BCUT2D eigenvalue weighted by Crippen LogP contribution is 2.44. The van der Waals surface area contributed by atoms with Gasteiger partial charge in [-0.1, -0.05) is 6.07 Å². The molecule has 0 unspecified atom stereocenters. The van der Waals surface area contributed by atoms with Crippen molar-refractivity contribution in [2.24, 2.45) is 0 Å². The van der Waals surface area contributed by atoms with Crippen LogP contribution in [0.1, 0.15) is 78.7 Å². The van der Waals surface area contributed by atoms with Gasteiger partial charge in [0, 0.05) is 24.5 Å². The van der Waals surface area contributed by atoms with E-state index in [1.165, 1.54) is 18.9 Å². The van der Waals surface area contributed by atoms with E-state index in [1.807, 2.05) is 4.90 Å². The molecule has 178 valence electrons. The zero-order valence-corrected chi connectivity index (χ0v) is 19.2. The third-order valence-electron chi connectivity index (χ3n) is 7.46.